The van der Waals surface area contributed by atoms with Gasteiger partial charge in [-0.2, -0.15) is 0 Å². The van der Waals surface area contributed by atoms with E-state index >= 15 is 0 Å². The van der Waals surface area contributed by atoms with E-state index in [-0.39, 0.29) is 11.4 Å². The summed E-state index contributed by atoms with van der Waals surface area (Å²) in [5.41, 5.74) is 2.74. The highest BCUT2D eigenvalue weighted by atomic mass is 16.5. The molecule has 0 N–H and O–H groups in total. The van der Waals surface area contributed by atoms with Crippen molar-refractivity contribution < 1.29 is 9.53 Å². The van der Waals surface area contributed by atoms with Crippen LogP contribution in [0.25, 0.3) is 6.08 Å². The smallest absolute Gasteiger partial charge is 0.152 e. The molecule has 0 atom stereocenters. The lowest BCUT2D eigenvalue weighted by Gasteiger charge is -2.32. The van der Waals surface area contributed by atoms with Gasteiger partial charge < -0.3 is 4.74 Å². The van der Waals surface area contributed by atoms with Gasteiger partial charge in [-0.25, -0.2) is 0 Å². The molecule has 0 unspecified atom stereocenters. The molecule has 1 aliphatic rings. The first-order valence-corrected chi connectivity index (χ1v) is 6.76. The molecule has 0 amide bonds. The molecule has 0 radical (unpaired) electrons. The third kappa shape index (κ3) is 3.27. The highest BCUT2D eigenvalue weighted by Gasteiger charge is 2.28. The number of ether oxygens (including phenoxy) is 1. The van der Waals surface area contributed by atoms with Crippen molar-refractivity contribution in [3.63, 3.8) is 0 Å². The molecule has 0 fully saturated rings. The zero-order valence-corrected chi connectivity index (χ0v) is 12.4. The van der Waals surface area contributed by atoms with Crippen LogP contribution in [0.2, 0.25) is 0 Å². The summed E-state index contributed by atoms with van der Waals surface area (Å²) in [7, 11) is 0. The lowest BCUT2D eigenvalue weighted by Crippen LogP contribution is -2.32. The van der Waals surface area contributed by atoms with Gasteiger partial charge in [0.2, 0.25) is 0 Å². The summed E-state index contributed by atoms with van der Waals surface area (Å²) in [4.78, 5) is 11.0. The second kappa shape index (κ2) is 5.49. The number of carbonyl (C=O) groups is 1. The summed E-state index contributed by atoms with van der Waals surface area (Å²) in [6.07, 6.45) is 7.73. The maximum absolute atomic E-state index is 11.0. The van der Waals surface area contributed by atoms with Gasteiger partial charge in [0, 0.05) is 5.56 Å². The van der Waals surface area contributed by atoms with Crippen LogP contribution in [0, 0.1) is 0 Å². The topological polar surface area (TPSA) is 26.3 Å². The molecule has 2 nitrogen and oxygen atoms in total. The molecule has 1 aromatic rings. The van der Waals surface area contributed by atoms with Crippen molar-refractivity contribution in [3.05, 3.63) is 59.2 Å². The molecule has 1 heterocycles. The highest BCUT2D eigenvalue weighted by Crippen LogP contribution is 2.35. The number of fused-ring (bicyclic) bond motifs is 1. The van der Waals surface area contributed by atoms with Gasteiger partial charge >= 0.3 is 0 Å². The molecule has 2 rings (SSSR count). The fourth-order valence-corrected chi connectivity index (χ4v) is 2.21. The van der Waals surface area contributed by atoms with Crippen LogP contribution in [-0.4, -0.2) is 11.4 Å². The van der Waals surface area contributed by atoms with Gasteiger partial charge in [0.15, 0.2) is 5.78 Å². The third-order valence-corrected chi connectivity index (χ3v) is 3.25. The Balaban J connectivity index is 2.33. The van der Waals surface area contributed by atoms with E-state index in [1.807, 2.05) is 57.2 Å². The Kier molecular flexibility index (Phi) is 3.93. The Bertz CT molecular complexity index is 616. The molecule has 0 aliphatic carbocycles. The van der Waals surface area contributed by atoms with E-state index in [4.69, 9.17) is 4.74 Å². The summed E-state index contributed by atoms with van der Waals surface area (Å²) in [6, 6.07) is 7.99. The van der Waals surface area contributed by atoms with Crippen molar-refractivity contribution in [2.75, 3.05) is 0 Å². The van der Waals surface area contributed by atoms with Crippen LogP contribution in [0.4, 0.5) is 0 Å². The van der Waals surface area contributed by atoms with Crippen LogP contribution < -0.4 is 4.74 Å². The van der Waals surface area contributed by atoms with Gasteiger partial charge in [0.1, 0.15) is 11.4 Å². The zero-order chi connectivity index (χ0) is 14.8. The van der Waals surface area contributed by atoms with Crippen molar-refractivity contribution in [2.45, 2.75) is 33.3 Å². The monoisotopic (exact) mass is 268 g/mol. The first kappa shape index (κ1) is 14.3. The van der Waals surface area contributed by atoms with Crippen LogP contribution in [0.1, 0.15) is 33.3 Å². The van der Waals surface area contributed by atoms with Crippen LogP contribution >= 0.6 is 0 Å². The van der Waals surface area contributed by atoms with Crippen molar-refractivity contribution in [1.29, 1.82) is 0 Å². The molecule has 0 saturated carbocycles. The summed E-state index contributed by atoms with van der Waals surface area (Å²) in [6.45, 7) is 7.57. The second-order valence-corrected chi connectivity index (χ2v) is 5.58. The van der Waals surface area contributed by atoms with Crippen molar-refractivity contribution in [1.82, 2.24) is 0 Å². The number of benzene rings is 1. The Hall–Kier alpha value is -2.09. The number of para-hydroxylation sites is 1. The molecular formula is C18H20O2. The summed E-state index contributed by atoms with van der Waals surface area (Å²) < 4.78 is 6.04. The quantitative estimate of drug-likeness (QED) is 0.602. The number of carbonyl (C=O) groups excluding carboxylic acids is 1. The van der Waals surface area contributed by atoms with Crippen molar-refractivity contribution in [2.24, 2.45) is 0 Å². The molecule has 0 bridgehead atoms. The van der Waals surface area contributed by atoms with E-state index < -0.39 is 0 Å². The first-order valence-electron chi connectivity index (χ1n) is 6.76. The molecule has 1 aromatic carbocycles. The Morgan fingerprint density at radius 1 is 1.20 bits per heavy atom. The summed E-state index contributed by atoms with van der Waals surface area (Å²) in [5, 5.41) is 0. The third-order valence-electron chi connectivity index (χ3n) is 3.25. The summed E-state index contributed by atoms with van der Waals surface area (Å²) in [5.74, 6) is 0.969. The minimum absolute atomic E-state index is 0.0608. The zero-order valence-electron chi connectivity index (χ0n) is 12.4. The molecule has 0 saturated heterocycles. The molecular weight excluding hydrogens is 248 g/mol. The van der Waals surface area contributed by atoms with Crippen LogP contribution in [0.5, 0.6) is 5.75 Å². The number of hydrogen-bond acceptors (Lipinski definition) is 2. The molecule has 0 spiro atoms. The van der Waals surface area contributed by atoms with Crippen molar-refractivity contribution >= 4 is 11.9 Å². The number of hydrogen-bond donors (Lipinski definition) is 0. The van der Waals surface area contributed by atoms with Gasteiger partial charge in [0.05, 0.1) is 0 Å². The van der Waals surface area contributed by atoms with Gasteiger partial charge in [-0.05, 0) is 57.1 Å². The number of rotatable bonds is 3. The van der Waals surface area contributed by atoms with E-state index in [1.54, 1.807) is 13.0 Å². The molecule has 0 aromatic heterocycles. The van der Waals surface area contributed by atoms with Crippen LogP contribution in [0.3, 0.4) is 0 Å². The fraction of sp³-hybridized carbons (Fsp3) is 0.278. The maximum Gasteiger partial charge on any atom is 0.152 e. The number of allylic oxidation sites excluding steroid dienone is 3. The lowest BCUT2D eigenvalue weighted by molar-refractivity contribution is -0.112. The largest absolute Gasteiger partial charge is 0.483 e. The predicted molar refractivity (Wildman–Crippen MR) is 82.7 cm³/mol. The van der Waals surface area contributed by atoms with Gasteiger partial charge in [0.25, 0.3) is 0 Å². The normalized spacial score (nSPS) is 17.4. The standard InChI is InChI=1S/C18H20O2/c1-13(11-14(2)19)9-10-16-12-15-7-5-6-8-17(15)20-18(16,3)4/h5-12H,1-4H3/b10-9+,13-11+. The lowest BCUT2D eigenvalue weighted by atomic mass is 9.91. The SMILES string of the molecule is CC(=O)/C=C(C)/C=C/C1=Cc2ccccc2OC1(C)C. The number of ketones is 1. The van der Waals surface area contributed by atoms with E-state index in [0.29, 0.717) is 0 Å². The minimum atomic E-state index is -0.374. The van der Waals surface area contributed by atoms with Gasteiger partial charge in [-0.1, -0.05) is 30.4 Å². The van der Waals surface area contributed by atoms with Gasteiger partial charge in [-0.15, -0.1) is 0 Å². The fourth-order valence-electron chi connectivity index (χ4n) is 2.21. The second-order valence-electron chi connectivity index (χ2n) is 5.58. The first-order chi connectivity index (χ1) is 9.38. The van der Waals surface area contributed by atoms with E-state index in [1.165, 1.54) is 0 Å². The van der Waals surface area contributed by atoms with E-state index in [9.17, 15) is 4.79 Å². The minimum Gasteiger partial charge on any atom is -0.483 e. The average molecular weight is 268 g/mol. The Morgan fingerprint density at radius 3 is 2.60 bits per heavy atom. The van der Waals surface area contributed by atoms with E-state index in [0.717, 1.165) is 22.5 Å². The predicted octanol–water partition coefficient (Wildman–Crippen LogP) is 4.33. The maximum atomic E-state index is 11.0. The van der Waals surface area contributed by atoms with Crippen LogP contribution in [0.15, 0.2) is 53.6 Å². The molecule has 1 aliphatic heterocycles. The highest BCUT2D eigenvalue weighted by molar-refractivity contribution is 5.88. The van der Waals surface area contributed by atoms with Crippen molar-refractivity contribution in [3.8, 4) is 5.75 Å². The van der Waals surface area contributed by atoms with Crippen LogP contribution in [-0.2, 0) is 4.79 Å². The Labute approximate surface area is 120 Å². The molecule has 104 valence electrons. The molecule has 20 heavy (non-hydrogen) atoms. The summed E-state index contributed by atoms with van der Waals surface area (Å²) >= 11 is 0. The Morgan fingerprint density at radius 2 is 1.90 bits per heavy atom. The average Bonchev–Trinajstić information content (AvgIpc) is 2.34. The van der Waals surface area contributed by atoms with E-state index in [2.05, 4.69) is 6.08 Å². The molecule has 2 heteroatoms. The van der Waals surface area contributed by atoms with Gasteiger partial charge in [-0.3, -0.25) is 4.79 Å².